The predicted molar refractivity (Wildman–Crippen MR) is 169 cm³/mol. The van der Waals surface area contributed by atoms with Crippen LogP contribution in [0.5, 0.6) is 0 Å². The van der Waals surface area contributed by atoms with Crippen molar-refractivity contribution < 1.29 is 4.39 Å². The maximum Gasteiger partial charge on any atom is 0.252 e. The summed E-state index contributed by atoms with van der Waals surface area (Å²) in [7, 11) is 0. The first-order chi connectivity index (χ1) is 20.5. The van der Waals surface area contributed by atoms with Crippen molar-refractivity contribution in [2.75, 3.05) is 5.32 Å². The highest BCUT2D eigenvalue weighted by molar-refractivity contribution is 6.35. The zero-order chi connectivity index (χ0) is 29.1. The Labute approximate surface area is 252 Å². The van der Waals surface area contributed by atoms with Gasteiger partial charge in [0, 0.05) is 32.7 Å². The minimum atomic E-state index is -0.599. The molecule has 8 heteroatoms. The standard InChI is InChI=1S/C34H24Cl2FN5/c1-21(26-19-24-15-10-18-28(36)31(24)40-32(26)25-16-8-9-17-27(25)35)39-33-29(37)20-38-34(42-33)41-30(22-11-4-2-5-12-22)23-13-6-3-7-14-23/h2-21H,1H3,(H,38,39,42). The third-order valence-electron chi connectivity index (χ3n) is 6.81. The van der Waals surface area contributed by atoms with Gasteiger partial charge < -0.3 is 5.32 Å². The average molecular weight is 593 g/mol. The molecule has 0 bridgehead atoms. The molecule has 206 valence electrons. The van der Waals surface area contributed by atoms with E-state index in [1.807, 2.05) is 110 Å². The zero-order valence-corrected chi connectivity index (χ0v) is 24.0. The van der Waals surface area contributed by atoms with Crippen LogP contribution in [-0.4, -0.2) is 20.7 Å². The number of fused-ring (bicyclic) bond motifs is 1. The number of nitrogens with one attached hydrogen (secondary N) is 1. The molecule has 6 rings (SSSR count). The van der Waals surface area contributed by atoms with Crippen molar-refractivity contribution >= 4 is 51.6 Å². The van der Waals surface area contributed by atoms with Gasteiger partial charge in [0.25, 0.3) is 5.95 Å². The molecule has 2 aromatic heterocycles. The van der Waals surface area contributed by atoms with Gasteiger partial charge in [-0.25, -0.2) is 19.4 Å². The van der Waals surface area contributed by atoms with E-state index in [0.29, 0.717) is 27.0 Å². The van der Waals surface area contributed by atoms with Crippen LogP contribution in [0, 0.1) is 5.82 Å². The van der Waals surface area contributed by atoms with Gasteiger partial charge in [-0.1, -0.05) is 114 Å². The fraction of sp³-hybridized carbons (Fsp3) is 0.0588. The molecule has 1 N–H and O–H groups in total. The Hall–Kier alpha value is -4.65. The number of anilines is 1. The van der Waals surface area contributed by atoms with Gasteiger partial charge in [0.05, 0.1) is 34.2 Å². The molecule has 1 atom stereocenters. The first-order valence-electron chi connectivity index (χ1n) is 13.3. The second kappa shape index (κ2) is 12.1. The number of aliphatic imine (C=N–C) groups is 1. The molecule has 0 aliphatic rings. The number of nitrogens with zero attached hydrogens (tertiary/aromatic N) is 4. The first-order valence-corrected chi connectivity index (χ1v) is 14.1. The molecule has 42 heavy (non-hydrogen) atoms. The van der Waals surface area contributed by atoms with Gasteiger partial charge in [0.15, 0.2) is 11.6 Å². The molecule has 2 heterocycles. The Bertz CT molecular complexity index is 1870. The number of benzene rings is 4. The number of hydrogen-bond acceptors (Lipinski definition) is 5. The summed E-state index contributed by atoms with van der Waals surface area (Å²) in [6.45, 7) is 1.91. The van der Waals surface area contributed by atoms with Crippen molar-refractivity contribution in [3.63, 3.8) is 0 Å². The molecule has 5 nitrogen and oxygen atoms in total. The molecule has 0 aliphatic carbocycles. The number of rotatable bonds is 7. The summed E-state index contributed by atoms with van der Waals surface area (Å²) >= 11 is 13.1. The molecule has 0 amide bonds. The van der Waals surface area contributed by atoms with Crippen LogP contribution in [0.2, 0.25) is 10.0 Å². The van der Waals surface area contributed by atoms with Gasteiger partial charge in [-0.2, -0.15) is 4.98 Å². The Morgan fingerprint density at radius 1 is 0.786 bits per heavy atom. The molecule has 0 saturated carbocycles. The van der Waals surface area contributed by atoms with Crippen LogP contribution in [0.3, 0.4) is 0 Å². The predicted octanol–water partition coefficient (Wildman–Crippen LogP) is 9.48. The van der Waals surface area contributed by atoms with Crippen molar-refractivity contribution in [2.45, 2.75) is 13.0 Å². The number of hydrogen-bond donors (Lipinski definition) is 1. The fourth-order valence-corrected chi connectivity index (χ4v) is 5.21. The normalized spacial score (nSPS) is 11.7. The highest BCUT2D eigenvalue weighted by Crippen LogP contribution is 2.36. The largest absolute Gasteiger partial charge is 0.361 e. The van der Waals surface area contributed by atoms with Crippen molar-refractivity contribution in [2.24, 2.45) is 4.99 Å². The van der Waals surface area contributed by atoms with Crippen molar-refractivity contribution in [3.8, 4) is 11.3 Å². The van der Waals surface area contributed by atoms with Gasteiger partial charge in [0.2, 0.25) is 0 Å². The summed E-state index contributed by atoms with van der Waals surface area (Å²) in [4.78, 5) is 18.3. The molecule has 0 saturated heterocycles. The van der Waals surface area contributed by atoms with Gasteiger partial charge in [-0.3, -0.25) is 0 Å². The van der Waals surface area contributed by atoms with E-state index >= 15 is 4.39 Å². The lowest BCUT2D eigenvalue weighted by molar-refractivity contribution is 0.614. The quantitative estimate of drug-likeness (QED) is 0.188. The second-order valence-corrected chi connectivity index (χ2v) is 10.5. The average Bonchev–Trinajstić information content (AvgIpc) is 3.02. The van der Waals surface area contributed by atoms with E-state index in [0.717, 1.165) is 33.8 Å². The van der Waals surface area contributed by atoms with Gasteiger partial charge >= 0.3 is 0 Å². The minimum absolute atomic E-state index is 0.0213. The molecular weight excluding hydrogens is 568 g/mol. The zero-order valence-electron chi connectivity index (χ0n) is 22.5. The lowest BCUT2D eigenvalue weighted by atomic mass is 9.98. The third kappa shape index (κ3) is 5.73. The lowest BCUT2D eigenvalue weighted by Gasteiger charge is -2.20. The molecule has 0 aliphatic heterocycles. The number of aromatic nitrogens is 3. The van der Waals surface area contributed by atoms with Crippen molar-refractivity contribution in [3.05, 3.63) is 148 Å². The van der Waals surface area contributed by atoms with Crippen LogP contribution in [-0.2, 0) is 0 Å². The highest BCUT2D eigenvalue weighted by atomic mass is 35.5. The summed E-state index contributed by atoms with van der Waals surface area (Å²) in [5.41, 5.74) is 5.31. The summed E-state index contributed by atoms with van der Waals surface area (Å²) in [5.74, 6) is -0.450. The van der Waals surface area contributed by atoms with E-state index in [4.69, 9.17) is 33.2 Å². The Morgan fingerprint density at radius 2 is 1.43 bits per heavy atom. The van der Waals surface area contributed by atoms with E-state index in [1.165, 1.54) is 0 Å². The number of para-hydroxylation sites is 1. The van der Waals surface area contributed by atoms with Crippen molar-refractivity contribution in [1.82, 2.24) is 15.0 Å². The number of halogens is 3. The molecule has 0 spiro atoms. The van der Waals surface area contributed by atoms with Crippen LogP contribution < -0.4 is 5.32 Å². The van der Waals surface area contributed by atoms with Gasteiger partial charge in [-0.05, 0) is 25.1 Å². The summed E-state index contributed by atoms with van der Waals surface area (Å²) < 4.78 is 15.1. The second-order valence-electron chi connectivity index (χ2n) is 9.64. The van der Waals surface area contributed by atoms with Crippen molar-refractivity contribution in [1.29, 1.82) is 0 Å². The Balaban J connectivity index is 1.41. The van der Waals surface area contributed by atoms with Crippen LogP contribution in [0.15, 0.2) is 120 Å². The third-order valence-corrected chi connectivity index (χ3v) is 7.45. The molecule has 0 radical (unpaired) electrons. The van der Waals surface area contributed by atoms with E-state index < -0.39 is 11.9 Å². The van der Waals surface area contributed by atoms with Gasteiger partial charge in [0.1, 0.15) is 0 Å². The monoisotopic (exact) mass is 591 g/mol. The Morgan fingerprint density at radius 3 is 2.12 bits per heavy atom. The topological polar surface area (TPSA) is 63.1 Å². The molecule has 1 unspecified atom stereocenters. The first kappa shape index (κ1) is 27.5. The van der Waals surface area contributed by atoms with Gasteiger partial charge in [-0.15, -0.1) is 0 Å². The molecule has 4 aromatic carbocycles. The summed E-state index contributed by atoms with van der Waals surface area (Å²) in [5, 5.41) is 5.15. The molecule has 0 fully saturated rings. The smallest absolute Gasteiger partial charge is 0.252 e. The molecule has 6 aromatic rings. The fourth-order valence-electron chi connectivity index (χ4n) is 4.76. The maximum absolute atomic E-state index is 15.1. The summed E-state index contributed by atoms with van der Waals surface area (Å²) in [6.07, 6.45) is 1.13. The van der Waals surface area contributed by atoms with Crippen LogP contribution in [0.1, 0.15) is 29.7 Å². The van der Waals surface area contributed by atoms with E-state index in [9.17, 15) is 0 Å². The maximum atomic E-state index is 15.1. The molecular formula is C34H24Cl2FN5. The van der Waals surface area contributed by atoms with Crippen LogP contribution >= 0.6 is 23.2 Å². The summed E-state index contributed by atoms with van der Waals surface area (Å²) in [6, 6.07) is 34.1. The Kier molecular flexibility index (Phi) is 7.91. The highest BCUT2D eigenvalue weighted by Gasteiger charge is 2.20. The number of pyridine rings is 1. The SMILES string of the molecule is CC(Nc1nc(N=C(c2ccccc2)c2ccccc2)ncc1F)c1cc2cccc(Cl)c2nc1-c1ccccc1Cl. The van der Waals surface area contributed by atoms with E-state index in [1.54, 1.807) is 6.07 Å². The lowest BCUT2D eigenvalue weighted by Crippen LogP contribution is -2.12. The van der Waals surface area contributed by atoms with Crippen LogP contribution in [0.25, 0.3) is 22.2 Å². The van der Waals surface area contributed by atoms with Crippen LogP contribution in [0.4, 0.5) is 16.2 Å². The van der Waals surface area contributed by atoms with E-state index in [-0.39, 0.29) is 11.8 Å². The van der Waals surface area contributed by atoms with E-state index in [2.05, 4.69) is 15.3 Å². The minimum Gasteiger partial charge on any atom is -0.361 e.